The summed E-state index contributed by atoms with van der Waals surface area (Å²) in [5.41, 5.74) is 3.81. The van der Waals surface area contributed by atoms with Gasteiger partial charge in [0.1, 0.15) is 11.6 Å². The van der Waals surface area contributed by atoms with Crippen molar-refractivity contribution in [1.82, 2.24) is 10.3 Å². The standard InChI is InChI=1S/C25H35N3O2/c1-30-23-10-9-21-14-22(16-26-12-11-19-6-3-2-4-7-19)25(27-24(21)15-23)28-13-5-8-20(17-28)18-29/h6,9-10,14-15,20,26,29H,2-5,7-8,11-13,16-18H2,1H3/t20-/m0/s1. The number of rotatable bonds is 8. The quantitative estimate of drug-likeness (QED) is 0.499. The number of nitrogens with zero attached hydrogens (tertiary/aromatic N) is 2. The molecule has 1 aromatic carbocycles. The summed E-state index contributed by atoms with van der Waals surface area (Å²) >= 11 is 0. The number of benzene rings is 1. The van der Waals surface area contributed by atoms with Gasteiger partial charge in [0, 0.05) is 43.3 Å². The highest BCUT2D eigenvalue weighted by Gasteiger charge is 2.23. The lowest BCUT2D eigenvalue weighted by Gasteiger charge is -2.34. The van der Waals surface area contributed by atoms with Gasteiger partial charge in [-0.15, -0.1) is 0 Å². The minimum atomic E-state index is 0.251. The van der Waals surface area contributed by atoms with Crippen molar-refractivity contribution in [3.05, 3.63) is 41.5 Å². The fourth-order valence-electron chi connectivity index (χ4n) is 4.72. The number of aliphatic hydroxyl groups excluding tert-OH is 1. The van der Waals surface area contributed by atoms with Crippen LogP contribution >= 0.6 is 0 Å². The number of aromatic nitrogens is 1. The highest BCUT2D eigenvalue weighted by atomic mass is 16.5. The molecule has 1 aliphatic carbocycles. The van der Waals surface area contributed by atoms with Crippen molar-refractivity contribution in [3.8, 4) is 5.75 Å². The van der Waals surface area contributed by atoms with Crippen molar-refractivity contribution in [3.63, 3.8) is 0 Å². The molecule has 2 aliphatic rings. The summed E-state index contributed by atoms with van der Waals surface area (Å²) in [6.07, 6.45) is 11.0. The number of anilines is 1. The number of methoxy groups -OCH3 is 1. The molecule has 4 rings (SSSR count). The van der Waals surface area contributed by atoms with Crippen molar-refractivity contribution >= 4 is 16.7 Å². The van der Waals surface area contributed by atoms with Crippen LogP contribution < -0.4 is 15.0 Å². The van der Waals surface area contributed by atoms with E-state index in [1.807, 2.05) is 12.1 Å². The third-order valence-electron chi connectivity index (χ3n) is 6.48. The van der Waals surface area contributed by atoms with Crippen LogP contribution in [0.1, 0.15) is 50.5 Å². The normalized spacial score (nSPS) is 19.7. The number of piperidine rings is 1. The number of hydrogen-bond acceptors (Lipinski definition) is 5. The van der Waals surface area contributed by atoms with Crippen molar-refractivity contribution in [1.29, 1.82) is 0 Å². The van der Waals surface area contributed by atoms with Gasteiger partial charge in [-0.05, 0) is 75.6 Å². The average Bonchev–Trinajstić information content (AvgIpc) is 2.81. The monoisotopic (exact) mass is 409 g/mol. The molecule has 30 heavy (non-hydrogen) atoms. The second kappa shape index (κ2) is 10.3. The number of hydrogen-bond donors (Lipinski definition) is 2. The molecule has 5 heteroatoms. The Hall–Kier alpha value is -2.11. The van der Waals surface area contributed by atoms with E-state index >= 15 is 0 Å². The summed E-state index contributed by atoms with van der Waals surface area (Å²) in [4.78, 5) is 7.42. The molecule has 0 unspecified atom stereocenters. The minimum Gasteiger partial charge on any atom is -0.497 e. The zero-order valence-corrected chi connectivity index (χ0v) is 18.2. The van der Waals surface area contributed by atoms with E-state index in [1.165, 1.54) is 31.2 Å². The molecule has 1 aromatic heterocycles. The van der Waals surface area contributed by atoms with Gasteiger partial charge in [0.25, 0.3) is 0 Å². The van der Waals surface area contributed by atoms with Gasteiger partial charge >= 0.3 is 0 Å². The van der Waals surface area contributed by atoms with Crippen LogP contribution in [0.2, 0.25) is 0 Å². The lowest BCUT2D eigenvalue weighted by atomic mass is 9.97. The molecular weight excluding hydrogens is 374 g/mol. The van der Waals surface area contributed by atoms with Gasteiger partial charge in [-0.1, -0.05) is 11.6 Å². The third-order valence-corrected chi connectivity index (χ3v) is 6.48. The minimum absolute atomic E-state index is 0.251. The molecule has 5 nitrogen and oxygen atoms in total. The Balaban J connectivity index is 1.53. The van der Waals surface area contributed by atoms with Gasteiger partial charge in [0.15, 0.2) is 0 Å². The van der Waals surface area contributed by atoms with Gasteiger partial charge in [-0.2, -0.15) is 0 Å². The molecule has 2 aromatic rings. The SMILES string of the molecule is COc1ccc2cc(CNCCC3=CCCCC3)c(N3CCC[C@H](CO)C3)nc2c1. The summed E-state index contributed by atoms with van der Waals surface area (Å²) in [6.45, 7) is 3.95. The molecule has 0 amide bonds. The van der Waals surface area contributed by atoms with Crippen LogP contribution in [0.3, 0.4) is 0 Å². The van der Waals surface area contributed by atoms with Crippen LogP contribution in [0.25, 0.3) is 10.9 Å². The van der Waals surface area contributed by atoms with Gasteiger partial charge in [0.2, 0.25) is 0 Å². The number of aliphatic hydroxyl groups is 1. The van der Waals surface area contributed by atoms with Crippen LogP contribution in [0, 0.1) is 5.92 Å². The van der Waals surface area contributed by atoms with E-state index < -0.39 is 0 Å². The maximum absolute atomic E-state index is 9.68. The van der Waals surface area contributed by atoms with Crippen LogP contribution in [-0.4, -0.2) is 43.4 Å². The lowest BCUT2D eigenvalue weighted by molar-refractivity contribution is 0.208. The number of allylic oxidation sites excluding steroid dienone is 1. The Morgan fingerprint density at radius 3 is 2.97 bits per heavy atom. The Kier molecular flexibility index (Phi) is 7.24. The summed E-state index contributed by atoms with van der Waals surface area (Å²) < 4.78 is 5.41. The second-order valence-electron chi connectivity index (χ2n) is 8.70. The summed E-state index contributed by atoms with van der Waals surface area (Å²) in [6, 6.07) is 8.37. The highest BCUT2D eigenvalue weighted by Crippen LogP contribution is 2.29. The molecule has 1 atom stereocenters. The third kappa shape index (κ3) is 5.13. The molecule has 162 valence electrons. The van der Waals surface area contributed by atoms with Crippen molar-refractivity contribution in [2.24, 2.45) is 5.92 Å². The predicted molar refractivity (Wildman–Crippen MR) is 123 cm³/mol. The van der Waals surface area contributed by atoms with E-state index in [2.05, 4.69) is 28.4 Å². The van der Waals surface area contributed by atoms with E-state index in [4.69, 9.17) is 9.72 Å². The van der Waals surface area contributed by atoms with Crippen molar-refractivity contribution in [2.45, 2.75) is 51.5 Å². The molecule has 2 heterocycles. The average molecular weight is 410 g/mol. The molecule has 1 saturated heterocycles. The smallest absolute Gasteiger partial charge is 0.133 e. The summed E-state index contributed by atoms with van der Waals surface area (Å²) in [7, 11) is 1.69. The summed E-state index contributed by atoms with van der Waals surface area (Å²) in [5.74, 6) is 2.22. The molecule has 1 aliphatic heterocycles. The molecular formula is C25H35N3O2. The zero-order valence-electron chi connectivity index (χ0n) is 18.2. The van der Waals surface area contributed by atoms with Crippen molar-refractivity contribution in [2.75, 3.05) is 38.3 Å². The van der Waals surface area contributed by atoms with E-state index in [0.29, 0.717) is 5.92 Å². The predicted octanol–water partition coefficient (Wildman–Crippen LogP) is 4.43. The molecule has 0 saturated carbocycles. The lowest BCUT2D eigenvalue weighted by Crippen LogP contribution is -2.38. The van der Waals surface area contributed by atoms with Gasteiger partial charge in [0.05, 0.1) is 12.6 Å². The second-order valence-corrected chi connectivity index (χ2v) is 8.70. The Labute approximate surface area is 180 Å². The fraction of sp³-hybridized carbons (Fsp3) is 0.560. The van der Waals surface area contributed by atoms with E-state index in [1.54, 1.807) is 12.7 Å². The van der Waals surface area contributed by atoms with Gasteiger partial charge in [-0.3, -0.25) is 0 Å². The van der Waals surface area contributed by atoms with E-state index in [0.717, 1.165) is 67.9 Å². The summed E-state index contributed by atoms with van der Waals surface area (Å²) in [5, 5.41) is 14.5. The van der Waals surface area contributed by atoms with Crippen LogP contribution in [0.15, 0.2) is 35.9 Å². The maximum Gasteiger partial charge on any atom is 0.133 e. The number of pyridine rings is 1. The fourth-order valence-corrected chi connectivity index (χ4v) is 4.72. The highest BCUT2D eigenvalue weighted by molar-refractivity contribution is 5.83. The largest absolute Gasteiger partial charge is 0.497 e. The van der Waals surface area contributed by atoms with Crippen LogP contribution in [0.5, 0.6) is 5.75 Å². The molecule has 0 bridgehead atoms. The maximum atomic E-state index is 9.68. The first-order valence-electron chi connectivity index (χ1n) is 11.5. The van der Waals surface area contributed by atoms with E-state index in [9.17, 15) is 5.11 Å². The first-order chi connectivity index (χ1) is 14.8. The first-order valence-corrected chi connectivity index (χ1v) is 11.5. The number of fused-ring (bicyclic) bond motifs is 1. The molecule has 2 N–H and O–H groups in total. The zero-order chi connectivity index (χ0) is 20.8. The molecule has 1 fully saturated rings. The Bertz CT molecular complexity index is 880. The van der Waals surface area contributed by atoms with E-state index in [-0.39, 0.29) is 6.61 Å². The Morgan fingerprint density at radius 2 is 2.17 bits per heavy atom. The van der Waals surface area contributed by atoms with Crippen LogP contribution in [0.4, 0.5) is 5.82 Å². The molecule has 0 spiro atoms. The first kappa shape index (κ1) is 21.1. The van der Waals surface area contributed by atoms with Gasteiger partial charge in [-0.25, -0.2) is 4.98 Å². The topological polar surface area (TPSA) is 57.6 Å². The number of nitrogens with one attached hydrogen (secondary N) is 1. The van der Waals surface area contributed by atoms with Gasteiger partial charge < -0.3 is 20.1 Å². The Morgan fingerprint density at radius 1 is 1.23 bits per heavy atom. The van der Waals surface area contributed by atoms with Crippen molar-refractivity contribution < 1.29 is 9.84 Å². The number of ether oxygens (including phenoxy) is 1. The van der Waals surface area contributed by atoms with Crippen LogP contribution in [-0.2, 0) is 6.54 Å². The molecule has 0 radical (unpaired) electrons.